The number of anilines is 1. The summed E-state index contributed by atoms with van der Waals surface area (Å²) < 4.78 is 38.3. The van der Waals surface area contributed by atoms with E-state index in [-0.39, 0.29) is 22.4 Å². The minimum atomic E-state index is -4.53. The van der Waals surface area contributed by atoms with E-state index in [1.165, 1.54) is 41.2 Å². The van der Waals surface area contributed by atoms with E-state index in [1.54, 1.807) is 19.2 Å². The second-order valence-electron chi connectivity index (χ2n) is 6.62. The van der Waals surface area contributed by atoms with Gasteiger partial charge in [0.25, 0.3) is 17.4 Å². The van der Waals surface area contributed by atoms with Gasteiger partial charge in [0, 0.05) is 17.3 Å². The summed E-state index contributed by atoms with van der Waals surface area (Å²) in [5, 5.41) is 14.6. The molecule has 162 valence electrons. The Bertz CT molecular complexity index is 1180. The number of carbonyl (C=O) groups excluding carboxylic acids is 2. The monoisotopic (exact) mass is 434 g/mol. The number of hydrogen-bond donors (Lipinski definition) is 3. The number of aryl methyl sites for hydroxylation is 1. The second-order valence-corrected chi connectivity index (χ2v) is 6.62. The van der Waals surface area contributed by atoms with Gasteiger partial charge in [-0.1, -0.05) is 6.07 Å². The molecule has 9 nitrogen and oxygen atoms in total. The van der Waals surface area contributed by atoms with Crippen LogP contribution in [0.15, 0.2) is 41.3 Å². The molecule has 0 bridgehead atoms. The molecule has 0 aliphatic carbocycles. The number of rotatable bonds is 5. The predicted octanol–water partition coefficient (Wildman–Crippen LogP) is 2.12. The Hall–Kier alpha value is -3.96. The molecule has 2 heterocycles. The number of amides is 2. The third-order valence-corrected chi connectivity index (χ3v) is 4.33. The average Bonchev–Trinajstić information content (AvgIpc) is 3.09. The van der Waals surface area contributed by atoms with E-state index in [0.717, 1.165) is 0 Å². The molecule has 0 spiro atoms. The van der Waals surface area contributed by atoms with E-state index >= 15 is 0 Å². The van der Waals surface area contributed by atoms with Gasteiger partial charge < -0.3 is 10.6 Å². The molecule has 0 saturated heterocycles. The first-order valence-electron chi connectivity index (χ1n) is 8.93. The molecule has 0 fully saturated rings. The number of benzene rings is 1. The normalized spacial score (nSPS) is 11.3. The Labute approximate surface area is 173 Å². The van der Waals surface area contributed by atoms with Crippen molar-refractivity contribution < 1.29 is 22.8 Å². The van der Waals surface area contributed by atoms with Gasteiger partial charge in [-0.25, -0.2) is 9.78 Å². The maximum atomic E-state index is 12.7. The molecular weight excluding hydrogens is 417 g/mol. The highest BCUT2D eigenvalue weighted by Crippen LogP contribution is 2.20. The van der Waals surface area contributed by atoms with Crippen LogP contribution in [-0.4, -0.2) is 44.5 Å². The van der Waals surface area contributed by atoms with Crippen LogP contribution in [0.2, 0.25) is 0 Å². The summed E-state index contributed by atoms with van der Waals surface area (Å²) >= 11 is 0. The summed E-state index contributed by atoms with van der Waals surface area (Å²) in [5.74, 6) is -1.15. The van der Waals surface area contributed by atoms with Crippen molar-refractivity contribution in [2.45, 2.75) is 20.0 Å². The van der Waals surface area contributed by atoms with Gasteiger partial charge in [0.1, 0.15) is 6.54 Å². The van der Waals surface area contributed by atoms with Crippen molar-refractivity contribution in [3.05, 3.63) is 69.3 Å². The van der Waals surface area contributed by atoms with Crippen molar-refractivity contribution >= 4 is 17.5 Å². The number of nitrogens with zero attached hydrogens (tertiary/aromatic N) is 3. The van der Waals surface area contributed by atoms with Gasteiger partial charge in [0.15, 0.2) is 5.82 Å². The first kappa shape index (κ1) is 21.7. The van der Waals surface area contributed by atoms with Gasteiger partial charge in [-0.15, -0.1) is 0 Å². The molecule has 0 aliphatic heterocycles. The lowest BCUT2D eigenvalue weighted by Gasteiger charge is -2.12. The lowest BCUT2D eigenvalue weighted by molar-refractivity contribution is -0.123. The number of H-pyrrole nitrogens is 1. The molecule has 3 rings (SSSR count). The molecule has 0 radical (unpaired) electrons. The summed E-state index contributed by atoms with van der Waals surface area (Å²) in [6.45, 7) is 1.84. The number of halogens is 3. The Kier molecular flexibility index (Phi) is 5.90. The molecule has 3 N–H and O–H groups in total. The van der Waals surface area contributed by atoms with E-state index in [9.17, 15) is 27.6 Å². The topological polar surface area (TPSA) is 122 Å². The van der Waals surface area contributed by atoms with Gasteiger partial charge in [-0.05, 0) is 37.6 Å². The van der Waals surface area contributed by atoms with Crippen LogP contribution in [0.5, 0.6) is 0 Å². The highest BCUT2D eigenvalue weighted by atomic mass is 19.4. The van der Waals surface area contributed by atoms with Crippen LogP contribution >= 0.6 is 0 Å². The molecule has 0 aliphatic rings. The number of alkyl halides is 3. The van der Waals surface area contributed by atoms with Crippen molar-refractivity contribution in [3.63, 3.8) is 0 Å². The van der Waals surface area contributed by atoms with Crippen molar-refractivity contribution in [1.29, 1.82) is 0 Å². The number of aromatic amines is 1. The molecule has 31 heavy (non-hydrogen) atoms. The van der Waals surface area contributed by atoms with Gasteiger partial charge in [-0.3, -0.25) is 14.4 Å². The first-order chi connectivity index (χ1) is 14.5. The summed E-state index contributed by atoms with van der Waals surface area (Å²) in [7, 11) is 0. The smallest absolute Gasteiger partial charge is 0.343 e. The zero-order valence-corrected chi connectivity index (χ0v) is 16.4. The van der Waals surface area contributed by atoms with Crippen molar-refractivity contribution in [3.8, 4) is 5.82 Å². The van der Waals surface area contributed by atoms with E-state index in [1.807, 2.05) is 0 Å². The molecule has 2 aromatic heterocycles. The summed E-state index contributed by atoms with van der Waals surface area (Å²) in [6.07, 6.45) is -3.22. The third kappa shape index (κ3) is 5.15. The van der Waals surface area contributed by atoms with Crippen LogP contribution < -0.4 is 16.2 Å². The lowest BCUT2D eigenvalue weighted by atomic mass is 10.1. The maximum absolute atomic E-state index is 12.7. The molecule has 0 unspecified atom stereocenters. The molecule has 2 amide bonds. The number of aromatic nitrogens is 4. The summed E-state index contributed by atoms with van der Waals surface area (Å²) in [4.78, 5) is 35.9. The molecule has 12 heteroatoms. The Morgan fingerprint density at radius 1 is 1.13 bits per heavy atom. The van der Waals surface area contributed by atoms with Crippen LogP contribution in [-0.2, 0) is 0 Å². The summed E-state index contributed by atoms with van der Waals surface area (Å²) in [5.41, 5.74) is 1.09. The second kappa shape index (κ2) is 8.42. The fraction of sp³-hybridized carbons (Fsp3) is 0.211. The van der Waals surface area contributed by atoms with E-state index in [0.29, 0.717) is 17.1 Å². The Morgan fingerprint density at radius 2 is 1.87 bits per heavy atom. The number of hydrogen-bond acceptors (Lipinski definition) is 5. The third-order valence-electron chi connectivity index (χ3n) is 4.33. The predicted molar refractivity (Wildman–Crippen MR) is 104 cm³/mol. The minimum absolute atomic E-state index is 0.0324. The highest BCUT2D eigenvalue weighted by molar-refractivity contribution is 6.06. The zero-order valence-electron chi connectivity index (χ0n) is 16.4. The minimum Gasteiger partial charge on any atom is -0.343 e. The fourth-order valence-electron chi connectivity index (χ4n) is 2.69. The van der Waals surface area contributed by atoms with Crippen LogP contribution in [0.1, 0.15) is 32.0 Å². The highest BCUT2D eigenvalue weighted by Gasteiger charge is 2.28. The van der Waals surface area contributed by atoms with Crippen LogP contribution in [0.25, 0.3) is 5.82 Å². The Balaban J connectivity index is 1.80. The average molecular weight is 434 g/mol. The number of nitrogens with one attached hydrogen (secondary N) is 3. The maximum Gasteiger partial charge on any atom is 0.405 e. The molecule has 3 aromatic rings. The van der Waals surface area contributed by atoms with Gasteiger partial charge in [0.2, 0.25) is 0 Å². The molecular formula is C19H17F3N6O3. The standard InChI is InChI=1S/C19H17F3N6O3/c1-10-3-4-12(17(30)23-9-19(20,21)22)7-14(10)25-18(31)13-8-24-28(11(13)2)15-5-6-16(29)27-26-15/h3-8H,9H2,1-2H3,(H,23,30)(H,25,31)(H,27,29). The van der Waals surface area contributed by atoms with Gasteiger partial charge in [0.05, 0.1) is 17.5 Å². The summed E-state index contributed by atoms with van der Waals surface area (Å²) in [6, 6.07) is 6.87. The molecule has 0 saturated carbocycles. The SMILES string of the molecule is Cc1ccc(C(=O)NCC(F)(F)F)cc1NC(=O)c1cnn(-c2ccc(=O)[nH]n2)c1C. The van der Waals surface area contributed by atoms with Gasteiger partial charge in [-0.2, -0.15) is 23.4 Å². The van der Waals surface area contributed by atoms with E-state index < -0.39 is 24.5 Å². The number of carbonyl (C=O) groups is 2. The zero-order chi connectivity index (χ0) is 22.8. The van der Waals surface area contributed by atoms with E-state index in [2.05, 4.69) is 20.6 Å². The lowest BCUT2D eigenvalue weighted by Crippen LogP contribution is -2.33. The molecule has 0 atom stereocenters. The first-order valence-corrected chi connectivity index (χ1v) is 8.93. The van der Waals surface area contributed by atoms with Crippen molar-refractivity contribution in [2.75, 3.05) is 11.9 Å². The van der Waals surface area contributed by atoms with Gasteiger partial charge >= 0.3 is 6.18 Å². The largest absolute Gasteiger partial charge is 0.405 e. The van der Waals surface area contributed by atoms with Crippen LogP contribution in [0, 0.1) is 13.8 Å². The Morgan fingerprint density at radius 3 is 2.52 bits per heavy atom. The van der Waals surface area contributed by atoms with Crippen LogP contribution in [0.3, 0.4) is 0 Å². The quantitative estimate of drug-likeness (QED) is 0.568. The van der Waals surface area contributed by atoms with Crippen molar-refractivity contribution in [1.82, 2.24) is 25.3 Å². The fourth-order valence-corrected chi connectivity index (χ4v) is 2.69. The van der Waals surface area contributed by atoms with E-state index in [4.69, 9.17) is 0 Å². The van der Waals surface area contributed by atoms with Crippen LogP contribution in [0.4, 0.5) is 18.9 Å². The molecule has 1 aromatic carbocycles. The van der Waals surface area contributed by atoms with Crippen molar-refractivity contribution in [2.24, 2.45) is 0 Å².